The summed E-state index contributed by atoms with van der Waals surface area (Å²) in [4.78, 5) is 0. The Hall–Kier alpha value is 0.660. The van der Waals surface area contributed by atoms with E-state index in [1.54, 1.807) is 0 Å². The molecule has 0 aromatic carbocycles. The lowest BCUT2D eigenvalue weighted by Crippen LogP contribution is -2.29. The molecule has 1 fully saturated rings. The zero-order valence-corrected chi connectivity index (χ0v) is 5.65. The quantitative estimate of drug-likeness (QED) is 0.527. The van der Waals surface area contributed by atoms with E-state index < -0.39 is 0 Å². The molecule has 1 N–H and O–H groups in total. The summed E-state index contributed by atoms with van der Waals surface area (Å²) in [6.45, 7) is 2.15. The fourth-order valence-corrected chi connectivity index (χ4v) is 1.71. The van der Waals surface area contributed by atoms with Gasteiger partial charge in [0.05, 0.1) is 4.58 Å². The van der Waals surface area contributed by atoms with E-state index in [0.717, 1.165) is 13.1 Å². The van der Waals surface area contributed by atoms with Crippen LogP contribution in [-0.2, 0) is 0 Å². The number of hydrogen-bond acceptors (Lipinski definition) is 2. The van der Waals surface area contributed by atoms with E-state index in [4.69, 9.17) is 12.6 Å². The summed E-state index contributed by atoms with van der Waals surface area (Å²) >= 11 is 6.86. The van der Waals surface area contributed by atoms with E-state index in [0.29, 0.717) is 4.58 Å². The second kappa shape index (κ2) is 2.84. The molecule has 1 radical (unpaired) electrons. The Kier molecular flexibility index (Phi) is 2.35. The Balaban J connectivity index is 2.12. The average molecular weight is 134 g/mol. The van der Waals surface area contributed by atoms with Crippen LogP contribution < -0.4 is 5.32 Å². The predicted octanol–water partition coefficient (Wildman–Crippen LogP) is 0.846. The van der Waals surface area contributed by atoms with Gasteiger partial charge in [0.1, 0.15) is 0 Å². The average Bonchev–Trinajstić information content (AvgIpc) is 1.69. The molecule has 1 unspecified atom stereocenters. The van der Waals surface area contributed by atoms with Crippen LogP contribution in [0.3, 0.4) is 0 Å². The van der Waals surface area contributed by atoms with Crippen molar-refractivity contribution in [1.82, 2.24) is 5.32 Å². The standard InChI is InChI=1S/C4H8NS2/c6-4-3-5-1-2-7-4/h4-5H,1-3H2. The van der Waals surface area contributed by atoms with Gasteiger partial charge in [0.15, 0.2) is 0 Å². The molecule has 0 bridgehead atoms. The van der Waals surface area contributed by atoms with E-state index in [2.05, 4.69) is 5.32 Å². The predicted molar refractivity (Wildman–Crippen MR) is 36.7 cm³/mol. The third-order valence-electron chi connectivity index (χ3n) is 0.894. The Morgan fingerprint density at radius 3 is 2.86 bits per heavy atom. The Morgan fingerprint density at radius 1 is 1.71 bits per heavy atom. The molecule has 1 heterocycles. The lowest BCUT2D eigenvalue weighted by atomic mass is 10.6. The molecule has 0 aromatic heterocycles. The van der Waals surface area contributed by atoms with E-state index in [9.17, 15) is 0 Å². The van der Waals surface area contributed by atoms with Crippen molar-refractivity contribution in [2.45, 2.75) is 4.58 Å². The van der Waals surface area contributed by atoms with Crippen molar-refractivity contribution in [3.05, 3.63) is 0 Å². The molecule has 0 spiro atoms. The first kappa shape index (κ1) is 5.79. The SMILES string of the molecule is [S]C1CNCCS1. The second-order valence-corrected chi connectivity index (χ2v) is 3.68. The number of nitrogens with one attached hydrogen (secondary N) is 1. The summed E-state index contributed by atoms with van der Waals surface area (Å²) < 4.78 is 0.425. The first-order valence-corrected chi connectivity index (χ1v) is 3.90. The van der Waals surface area contributed by atoms with Crippen molar-refractivity contribution in [3.8, 4) is 0 Å². The molecule has 1 atom stereocenters. The molecule has 7 heavy (non-hydrogen) atoms. The third kappa shape index (κ3) is 1.93. The van der Waals surface area contributed by atoms with E-state index >= 15 is 0 Å². The Bertz CT molecular complexity index is 51.7. The number of hydrogen-bond donors (Lipinski definition) is 1. The smallest absolute Gasteiger partial charge is 0.0731 e. The highest BCUT2D eigenvalue weighted by molar-refractivity contribution is 8.10. The summed E-state index contributed by atoms with van der Waals surface area (Å²) in [7, 11) is 0. The van der Waals surface area contributed by atoms with Crippen molar-refractivity contribution >= 4 is 24.4 Å². The van der Waals surface area contributed by atoms with Crippen LogP contribution >= 0.6 is 24.4 Å². The fourth-order valence-electron chi connectivity index (χ4n) is 0.541. The lowest BCUT2D eigenvalue weighted by molar-refractivity contribution is 0.743. The summed E-state index contributed by atoms with van der Waals surface area (Å²) in [5.74, 6) is 1.19. The molecule has 41 valence electrons. The van der Waals surface area contributed by atoms with Crippen molar-refractivity contribution in [2.75, 3.05) is 18.8 Å². The maximum absolute atomic E-state index is 4.99. The monoisotopic (exact) mass is 134 g/mol. The first-order chi connectivity index (χ1) is 3.39. The largest absolute Gasteiger partial charge is 0.314 e. The molecule has 0 aromatic rings. The third-order valence-corrected chi connectivity index (χ3v) is 2.45. The van der Waals surface area contributed by atoms with Crippen molar-refractivity contribution in [2.24, 2.45) is 0 Å². The minimum absolute atomic E-state index is 0.425. The molecule has 1 aliphatic heterocycles. The molecule has 0 amide bonds. The summed E-state index contributed by atoms with van der Waals surface area (Å²) in [5, 5.41) is 3.21. The van der Waals surface area contributed by atoms with Crippen LogP contribution in [0.1, 0.15) is 0 Å². The van der Waals surface area contributed by atoms with Crippen LogP contribution in [0, 0.1) is 0 Å². The second-order valence-electron chi connectivity index (χ2n) is 1.50. The van der Waals surface area contributed by atoms with Crippen molar-refractivity contribution in [3.63, 3.8) is 0 Å². The van der Waals surface area contributed by atoms with Gasteiger partial charge < -0.3 is 5.32 Å². The maximum Gasteiger partial charge on any atom is 0.0731 e. The summed E-state index contributed by atoms with van der Waals surface area (Å²) in [6.07, 6.45) is 0. The van der Waals surface area contributed by atoms with E-state index in [1.807, 2.05) is 11.8 Å². The molecule has 3 heteroatoms. The first-order valence-electron chi connectivity index (χ1n) is 2.38. The maximum atomic E-state index is 4.99. The Morgan fingerprint density at radius 2 is 2.57 bits per heavy atom. The molecule has 0 saturated carbocycles. The van der Waals surface area contributed by atoms with Crippen molar-refractivity contribution in [1.29, 1.82) is 0 Å². The van der Waals surface area contributed by atoms with Gasteiger partial charge in [-0.3, -0.25) is 0 Å². The van der Waals surface area contributed by atoms with Gasteiger partial charge in [-0.2, -0.15) is 0 Å². The highest BCUT2D eigenvalue weighted by Crippen LogP contribution is 2.15. The van der Waals surface area contributed by atoms with Gasteiger partial charge >= 0.3 is 0 Å². The van der Waals surface area contributed by atoms with Gasteiger partial charge in [-0.15, -0.1) is 11.8 Å². The van der Waals surface area contributed by atoms with Crippen LogP contribution in [-0.4, -0.2) is 23.4 Å². The van der Waals surface area contributed by atoms with Crippen LogP contribution in [0.25, 0.3) is 0 Å². The fraction of sp³-hybridized carbons (Fsp3) is 1.00. The summed E-state index contributed by atoms with van der Waals surface area (Å²) in [6, 6.07) is 0. The number of rotatable bonds is 0. The normalized spacial score (nSPS) is 33.0. The number of thioether (sulfide) groups is 1. The van der Waals surface area contributed by atoms with Gasteiger partial charge in [-0.05, 0) is 0 Å². The lowest BCUT2D eigenvalue weighted by Gasteiger charge is -2.15. The zero-order chi connectivity index (χ0) is 5.11. The minimum Gasteiger partial charge on any atom is -0.314 e. The van der Waals surface area contributed by atoms with Crippen molar-refractivity contribution < 1.29 is 0 Å². The molecular formula is C4H8NS2. The van der Waals surface area contributed by atoms with E-state index in [1.165, 1.54) is 5.75 Å². The van der Waals surface area contributed by atoms with Crippen LogP contribution in [0.15, 0.2) is 0 Å². The van der Waals surface area contributed by atoms with Gasteiger partial charge in [-0.1, -0.05) is 12.6 Å². The highest BCUT2D eigenvalue weighted by atomic mass is 32.2. The molecule has 0 aliphatic carbocycles. The Labute approximate surface area is 53.7 Å². The van der Waals surface area contributed by atoms with Crippen LogP contribution in [0.2, 0.25) is 0 Å². The molecule has 1 saturated heterocycles. The van der Waals surface area contributed by atoms with Crippen LogP contribution in [0.5, 0.6) is 0 Å². The summed E-state index contributed by atoms with van der Waals surface area (Å²) in [5.41, 5.74) is 0. The molecule has 1 rings (SSSR count). The zero-order valence-electron chi connectivity index (χ0n) is 4.02. The minimum atomic E-state index is 0.425. The topological polar surface area (TPSA) is 12.0 Å². The van der Waals surface area contributed by atoms with Gasteiger partial charge in [-0.25, -0.2) is 0 Å². The molecular weight excluding hydrogens is 126 g/mol. The van der Waals surface area contributed by atoms with Gasteiger partial charge in [0.2, 0.25) is 0 Å². The highest BCUT2D eigenvalue weighted by Gasteiger charge is 2.07. The van der Waals surface area contributed by atoms with Gasteiger partial charge in [0.25, 0.3) is 0 Å². The molecule has 1 aliphatic rings. The molecule has 1 nitrogen and oxygen atoms in total. The van der Waals surface area contributed by atoms with E-state index in [-0.39, 0.29) is 0 Å². The van der Waals surface area contributed by atoms with Crippen LogP contribution in [0.4, 0.5) is 0 Å². The van der Waals surface area contributed by atoms with Gasteiger partial charge in [0, 0.05) is 18.8 Å².